The van der Waals surface area contributed by atoms with E-state index in [4.69, 9.17) is 40.5 Å². The quantitative estimate of drug-likeness (QED) is 0.685. The highest BCUT2D eigenvalue weighted by molar-refractivity contribution is 6.67. The lowest BCUT2D eigenvalue weighted by Gasteiger charge is -2.12. The highest BCUT2D eigenvalue weighted by Crippen LogP contribution is 2.31. The molecule has 0 spiro atoms. The maximum atomic E-state index is 11.3. The summed E-state index contributed by atoms with van der Waals surface area (Å²) in [5.41, 5.74) is 5.07. The summed E-state index contributed by atoms with van der Waals surface area (Å²) in [5, 5.41) is 18.5. The molecule has 16 heavy (non-hydrogen) atoms. The second kappa shape index (κ2) is 4.48. The van der Waals surface area contributed by atoms with Crippen molar-refractivity contribution in [3.63, 3.8) is 0 Å². The lowest BCUT2D eigenvalue weighted by atomic mass is 10.5. The van der Waals surface area contributed by atoms with E-state index in [9.17, 15) is 15.0 Å². The molecule has 4 N–H and O–H groups in total. The van der Waals surface area contributed by atoms with E-state index in [0.717, 1.165) is 6.07 Å². The van der Waals surface area contributed by atoms with Crippen molar-refractivity contribution in [2.24, 2.45) is 0 Å². The zero-order valence-corrected chi connectivity index (χ0v) is 9.92. The number of anilines is 1. The van der Waals surface area contributed by atoms with Gasteiger partial charge in [-0.25, -0.2) is 4.79 Å². The number of carbonyl (C=O) groups is 1. The van der Waals surface area contributed by atoms with Crippen LogP contribution in [-0.4, -0.2) is 31.3 Å². The van der Waals surface area contributed by atoms with E-state index in [1.165, 1.54) is 0 Å². The maximum Gasteiger partial charge on any atom is 0.424 e. The molecule has 1 aromatic rings. The minimum Gasteiger partial charge on any atom is -0.494 e. The van der Waals surface area contributed by atoms with E-state index < -0.39 is 28.3 Å². The Bertz CT molecular complexity index is 412. The Balaban J connectivity index is 2.81. The number of ether oxygens (including phenoxy) is 1. The Kier molecular flexibility index (Phi) is 3.67. The van der Waals surface area contributed by atoms with Crippen molar-refractivity contribution in [3.8, 4) is 11.8 Å². The van der Waals surface area contributed by atoms with Crippen molar-refractivity contribution < 1.29 is 19.7 Å². The third-order valence-electron chi connectivity index (χ3n) is 1.53. The number of nitrogen functional groups attached to an aromatic ring is 1. The van der Waals surface area contributed by atoms with Crippen LogP contribution in [0.4, 0.5) is 10.5 Å². The number of aromatic nitrogens is 1. The van der Waals surface area contributed by atoms with Crippen molar-refractivity contribution in [1.82, 2.24) is 4.57 Å². The number of halogens is 3. The first kappa shape index (κ1) is 13.1. The Morgan fingerprint density at radius 1 is 1.50 bits per heavy atom. The first-order valence-electron chi connectivity index (χ1n) is 3.85. The van der Waals surface area contributed by atoms with Gasteiger partial charge in [0.1, 0.15) is 6.61 Å². The van der Waals surface area contributed by atoms with Gasteiger partial charge in [0.2, 0.25) is 15.6 Å². The first-order valence-corrected chi connectivity index (χ1v) is 4.99. The summed E-state index contributed by atoms with van der Waals surface area (Å²) in [6, 6.07) is 0.978. The first-order chi connectivity index (χ1) is 7.22. The second-order valence-corrected chi connectivity index (χ2v) is 5.30. The molecule has 90 valence electrons. The smallest absolute Gasteiger partial charge is 0.424 e. The molecule has 0 saturated carbocycles. The Labute approximate surface area is 105 Å². The van der Waals surface area contributed by atoms with Gasteiger partial charge >= 0.3 is 6.09 Å². The summed E-state index contributed by atoms with van der Waals surface area (Å²) < 4.78 is 3.18. The summed E-state index contributed by atoms with van der Waals surface area (Å²) in [6.45, 7) is -0.534. The molecule has 0 aromatic carbocycles. The summed E-state index contributed by atoms with van der Waals surface area (Å²) in [7, 11) is 0. The van der Waals surface area contributed by atoms with Crippen LogP contribution < -0.4 is 5.73 Å². The number of hydrogen-bond donors (Lipinski definition) is 3. The van der Waals surface area contributed by atoms with Crippen LogP contribution in [0.2, 0.25) is 0 Å². The fraction of sp³-hybridized carbons (Fsp3) is 0.286. The largest absolute Gasteiger partial charge is 0.494 e. The molecule has 0 atom stereocenters. The number of rotatable bonds is 1. The highest BCUT2D eigenvalue weighted by atomic mass is 35.6. The molecule has 0 aliphatic heterocycles. The molecular formula is C7H7Cl3N2O4. The predicted molar refractivity (Wildman–Crippen MR) is 59.2 cm³/mol. The second-order valence-electron chi connectivity index (χ2n) is 2.79. The zero-order valence-electron chi connectivity index (χ0n) is 7.65. The Hall–Kier alpha value is -0.980. The molecule has 0 radical (unpaired) electrons. The third-order valence-corrected chi connectivity index (χ3v) is 1.85. The minimum absolute atomic E-state index is 0.177. The number of aromatic hydroxyl groups is 2. The topological polar surface area (TPSA) is 97.7 Å². The monoisotopic (exact) mass is 288 g/mol. The molecule has 0 aliphatic rings. The van der Waals surface area contributed by atoms with Crippen LogP contribution in [0.1, 0.15) is 0 Å². The maximum absolute atomic E-state index is 11.3. The van der Waals surface area contributed by atoms with Gasteiger partial charge in [0.05, 0.1) is 5.69 Å². The molecule has 0 fully saturated rings. The number of hydrogen-bond acceptors (Lipinski definition) is 5. The molecule has 0 bridgehead atoms. The average Bonchev–Trinajstić information content (AvgIpc) is 2.36. The third kappa shape index (κ3) is 3.01. The van der Waals surface area contributed by atoms with Crippen LogP contribution in [0, 0.1) is 0 Å². The molecule has 0 unspecified atom stereocenters. The van der Waals surface area contributed by atoms with Crippen LogP contribution in [0.25, 0.3) is 0 Å². The van der Waals surface area contributed by atoms with Gasteiger partial charge in [0, 0.05) is 6.07 Å². The number of nitrogens with zero attached hydrogens (tertiary/aromatic N) is 1. The Morgan fingerprint density at radius 3 is 2.44 bits per heavy atom. The summed E-state index contributed by atoms with van der Waals surface area (Å²) in [4.78, 5) is 11.3. The van der Waals surface area contributed by atoms with E-state index >= 15 is 0 Å². The van der Waals surface area contributed by atoms with Gasteiger partial charge in [-0.1, -0.05) is 34.8 Å². The molecule has 6 nitrogen and oxygen atoms in total. The van der Waals surface area contributed by atoms with Crippen molar-refractivity contribution in [1.29, 1.82) is 0 Å². The van der Waals surface area contributed by atoms with Crippen molar-refractivity contribution in [2.45, 2.75) is 3.79 Å². The number of nitrogens with two attached hydrogens (primary N) is 1. The van der Waals surface area contributed by atoms with Crippen LogP contribution in [0.5, 0.6) is 11.8 Å². The average molecular weight is 290 g/mol. The fourth-order valence-corrected chi connectivity index (χ4v) is 1.06. The number of alkyl halides is 3. The van der Waals surface area contributed by atoms with Gasteiger partial charge in [-0.3, -0.25) is 0 Å². The predicted octanol–water partition coefficient (Wildman–Crippen LogP) is 1.84. The molecular weight excluding hydrogens is 282 g/mol. The molecule has 0 aliphatic carbocycles. The molecule has 1 rings (SSSR count). The summed E-state index contributed by atoms with van der Waals surface area (Å²) in [5.74, 6) is -1.23. The van der Waals surface area contributed by atoms with E-state index in [-0.39, 0.29) is 5.69 Å². The van der Waals surface area contributed by atoms with Gasteiger partial charge in [0.25, 0.3) is 0 Å². The van der Waals surface area contributed by atoms with Crippen molar-refractivity contribution >= 4 is 46.6 Å². The summed E-state index contributed by atoms with van der Waals surface area (Å²) in [6.07, 6.45) is -1.11. The number of carbonyl (C=O) groups excluding carboxylic acids is 1. The van der Waals surface area contributed by atoms with Crippen LogP contribution >= 0.6 is 34.8 Å². The molecule has 9 heteroatoms. The van der Waals surface area contributed by atoms with Gasteiger partial charge in [-0.05, 0) is 0 Å². The van der Waals surface area contributed by atoms with Gasteiger partial charge in [-0.2, -0.15) is 4.57 Å². The fourth-order valence-electron chi connectivity index (χ4n) is 0.894. The Morgan fingerprint density at radius 2 is 2.06 bits per heavy atom. The lowest BCUT2D eigenvalue weighted by molar-refractivity contribution is 0.145. The van der Waals surface area contributed by atoms with Crippen LogP contribution in [0.3, 0.4) is 0 Å². The van der Waals surface area contributed by atoms with E-state index in [0.29, 0.717) is 4.57 Å². The standard InChI is InChI=1S/C7H7Cl3N2O4/c8-7(9,10)2-16-6(15)12-4(13)1-3(11)5(12)14/h1,13-14H,2,11H2. The normalized spacial score (nSPS) is 11.4. The molecule has 1 aromatic heterocycles. The molecule has 0 saturated heterocycles. The van der Waals surface area contributed by atoms with E-state index in [1.807, 2.05) is 0 Å². The van der Waals surface area contributed by atoms with Crippen molar-refractivity contribution in [3.05, 3.63) is 6.07 Å². The highest BCUT2D eigenvalue weighted by Gasteiger charge is 2.25. The summed E-state index contributed by atoms with van der Waals surface area (Å²) >= 11 is 16.0. The minimum atomic E-state index is -1.78. The van der Waals surface area contributed by atoms with Gasteiger partial charge < -0.3 is 20.7 Å². The van der Waals surface area contributed by atoms with Gasteiger partial charge in [-0.15, -0.1) is 0 Å². The zero-order chi connectivity index (χ0) is 12.5. The SMILES string of the molecule is Nc1cc(O)n(C(=O)OCC(Cl)(Cl)Cl)c1O. The van der Waals surface area contributed by atoms with Crippen LogP contribution in [-0.2, 0) is 4.74 Å². The van der Waals surface area contributed by atoms with Crippen molar-refractivity contribution in [2.75, 3.05) is 12.3 Å². The van der Waals surface area contributed by atoms with E-state index in [2.05, 4.69) is 4.74 Å². The lowest BCUT2D eigenvalue weighted by Crippen LogP contribution is -2.20. The van der Waals surface area contributed by atoms with E-state index in [1.54, 1.807) is 0 Å². The molecule has 1 heterocycles. The van der Waals surface area contributed by atoms with Gasteiger partial charge in [0.15, 0.2) is 0 Å². The van der Waals surface area contributed by atoms with Crippen LogP contribution in [0.15, 0.2) is 6.07 Å². The molecule has 0 amide bonds.